The molecule has 1 aromatic carbocycles. The van der Waals surface area contributed by atoms with Crippen LogP contribution in [0, 0.1) is 0 Å². The Morgan fingerprint density at radius 3 is 2.71 bits per heavy atom. The van der Waals surface area contributed by atoms with E-state index in [1.165, 1.54) is 18.9 Å². The van der Waals surface area contributed by atoms with Crippen molar-refractivity contribution in [3.05, 3.63) is 35.0 Å². The average Bonchev–Trinajstić information content (AvgIpc) is 3.14. The van der Waals surface area contributed by atoms with Gasteiger partial charge in [-0.15, -0.1) is 0 Å². The molecule has 7 heteroatoms. The van der Waals surface area contributed by atoms with Crippen LogP contribution in [0.3, 0.4) is 0 Å². The third kappa shape index (κ3) is 3.55. The van der Waals surface area contributed by atoms with Gasteiger partial charge in [0.05, 0.1) is 24.3 Å². The van der Waals surface area contributed by atoms with Crippen LogP contribution in [0.15, 0.2) is 30.0 Å². The van der Waals surface area contributed by atoms with Gasteiger partial charge in [0.25, 0.3) is 11.8 Å². The number of hydrogen-bond donors (Lipinski definition) is 2. The van der Waals surface area contributed by atoms with Crippen LogP contribution in [0.25, 0.3) is 0 Å². The zero-order chi connectivity index (χ0) is 17.1. The topological polar surface area (TPSA) is 78.9 Å². The number of anilines is 1. The van der Waals surface area contributed by atoms with Gasteiger partial charge < -0.3 is 15.2 Å². The van der Waals surface area contributed by atoms with Crippen LogP contribution in [0.2, 0.25) is 5.02 Å². The summed E-state index contributed by atoms with van der Waals surface area (Å²) >= 11 is 6.26. The van der Waals surface area contributed by atoms with E-state index in [0.29, 0.717) is 16.5 Å². The predicted molar refractivity (Wildman–Crippen MR) is 89.8 cm³/mol. The minimum Gasteiger partial charge on any atom is -0.489 e. The zero-order valence-electron chi connectivity index (χ0n) is 13.1. The fourth-order valence-electron chi connectivity index (χ4n) is 2.93. The molecule has 1 saturated carbocycles. The van der Waals surface area contributed by atoms with Crippen LogP contribution in [0.4, 0.5) is 5.69 Å². The van der Waals surface area contributed by atoms with Crippen molar-refractivity contribution >= 4 is 29.1 Å². The maximum atomic E-state index is 12.1. The summed E-state index contributed by atoms with van der Waals surface area (Å²) in [6, 6.07) is 5.18. The van der Waals surface area contributed by atoms with Gasteiger partial charge in [-0.25, -0.2) is 0 Å². The Hall–Kier alpha value is -2.05. The number of aliphatic hydroxyl groups excluding tert-OH is 1. The highest BCUT2D eigenvalue weighted by atomic mass is 35.5. The lowest BCUT2D eigenvalue weighted by Gasteiger charge is -2.16. The lowest BCUT2D eigenvalue weighted by Crippen LogP contribution is -2.34. The van der Waals surface area contributed by atoms with Crippen LogP contribution in [0.5, 0.6) is 5.75 Å². The normalized spacial score (nSPS) is 18.2. The molecule has 0 aromatic heterocycles. The second kappa shape index (κ2) is 7.23. The predicted octanol–water partition coefficient (Wildman–Crippen LogP) is 2.32. The number of carbonyl (C=O) groups is 2. The summed E-state index contributed by atoms with van der Waals surface area (Å²) < 4.78 is 5.89. The molecule has 6 nitrogen and oxygen atoms in total. The average molecular weight is 351 g/mol. The molecule has 3 rings (SSSR count). The van der Waals surface area contributed by atoms with E-state index in [-0.39, 0.29) is 25.0 Å². The van der Waals surface area contributed by atoms with Crippen molar-refractivity contribution in [2.45, 2.75) is 31.8 Å². The number of benzene rings is 1. The summed E-state index contributed by atoms with van der Waals surface area (Å²) in [4.78, 5) is 24.8. The molecular formula is C17H19ClN2O4. The van der Waals surface area contributed by atoms with Gasteiger partial charge in [-0.2, -0.15) is 0 Å². The maximum Gasteiger partial charge on any atom is 0.277 e. The smallest absolute Gasteiger partial charge is 0.277 e. The molecule has 24 heavy (non-hydrogen) atoms. The third-order valence-electron chi connectivity index (χ3n) is 4.14. The summed E-state index contributed by atoms with van der Waals surface area (Å²) in [5, 5.41) is 12.3. The highest BCUT2D eigenvalue weighted by Gasteiger charge is 2.30. The summed E-state index contributed by atoms with van der Waals surface area (Å²) in [5.41, 5.74) is 0.756. The largest absolute Gasteiger partial charge is 0.489 e. The van der Waals surface area contributed by atoms with Crippen molar-refractivity contribution in [2.24, 2.45) is 0 Å². The van der Waals surface area contributed by atoms with Crippen molar-refractivity contribution in [3.8, 4) is 5.75 Å². The number of nitrogens with one attached hydrogen (secondary N) is 1. The van der Waals surface area contributed by atoms with E-state index >= 15 is 0 Å². The van der Waals surface area contributed by atoms with Gasteiger partial charge in [-0.05, 0) is 43.9 Å². The number of halogens is 1. The fraction of sp³-hybridized carbons (Fsp3) is 0.412. The van der Waals surface area contributed by atoms with Gasteiger partial charge >= 0.3 is 0 Å². The first-order valence-electron chi connectivity index (χ1n) is 8.00. The van der Waals surface area contributed by atoms with Gasteiger partial charge in [-0.1, -0.05) is 11.6 Å². The first kappa shape index (κ1) is 16.8. The van der Waals surface area contributed by atoms with Gasteiger partial charge in [-0.3, -0.25) is 14.5 Å². The van der Waals surface area contributed by atoms with Crippen LogP contribution >= 0.6 is 11.6 Å². The van der Waals surface area contributed by atoms with Crippen molar-refractivity contribution in [1.29, 1.82) is 0 Å². The molecule has 1 aromatic rings. The van der Waals surface area contributed by atoms with E-state index in [0.717, 1.165) is 17.7 Å². The molecule has 2 amide bonds. The van der Waals surface area contributed by atoms with E-state index in [4.69, 9.17) is 21.4 Å². The zero-order valence-corrected chi connectivity index (χ0v) is 13.9. The second-order valence-electron chi connectivity index (χ2n) is 5.87. The number of nitrogens with zero attached hydrogens (tertiary/aromatic N) is 1. The van der Waals surface area contributed by atoms with Crippen LogP contribution in [-0.2, 0) is 9.59 Å². The first-order valence-corrected chi connectivity index (χ1v) is 8.38. The lowest BCUT2D eigenvalue weighted by molar-refractivity contribution is -0.137. The summed E-state index contributed by atoms with van der Waals surface area (Å²) in [6.07, 6.45) is 5.87. The molecule has 1 fully saturated rings. The first-order chi connectivity index (χ1) is 11.6. The molecule has 0 bridgehead atoms. The molecule has 0 radical (unpaired) electrons. The highest BCUT2D eigenvalue weighted by Crippen LogP contribution is 2.32. The quantitative estimate of drug-likeness (QED) is 0.770. The summed E-state index contributed by atoms with van der Waals surface area (Å²) in [7, 11) is 0. The minimum absolute atomic E-state index is 0.0196. The highest BCUT2D eigenvalue weighted by molar-refractivity contribution is 6.32. The molecule has 1 heterocycles. The van der Waals surface area contributed by atoms with Crippen molar-refractivity contribution in [1.82, 2.24) is 4.90 Å². The van der Waals surface area contributed by atoms with Crippen LogP contribution < -0.4 is 10.1 Å². The Kier molecular flexibility index (Phi) is 5.06. The van der Waals surface area contributed by atoms with Crippen molar-refractivity contribution < 1.29 is 19.4 Å². The van der Waals surface area contributed by atoms with Gasteiger partial charge in [0.2, 0.25) is 0 Å². The number of hydrogen-bond acceptors (Lipinski definition) is 5. The number of amides is 2. The van der Waals surface area contributed by atoms with E-state index in [9.17, 15) is 9.59 Å². The Balaban J connectivity index is 1.67. The van der Waals surface area contributed by atoms with Crippen molar-refractivity contribution in [3.63, 3.8) is 0 Å². The Bertz CT molecular complexity index is 683. The number of carbonyl (C=O) groups excluding carboxylic acids is 2. The van der Waals surface area contributed by atoms with Gasteiger partial charge in [0.15, 0.2) is 0 Å². The number of rotatable bonds is 6. The summed E-state index contributed by atoms with van der Waals surface area (Å²) in [5.74, 6) is -0.279. The second-order valence-corrected chi connectivity index (χ2v) is 6.28. The number of β-amino-alcohol motifs (C(OH)–C–C–N with tert-alkyl or cyclic N) is 1. The Labute approximate surface area is 145 Å². The monoisotopic (exact) mass is 350 g/mol. The molecule has 128 valence electrons. The lowest BCUT2D eigenvalue weighted by atomic mass is 10.2. The molecule has 1 aliphatic carbocycles. The van der Waals surface area contributed by atoms with Gasteiger partial charge in [0.1, 0.15) is 11.4 Å². The number of aliphatic hydroxyl groups is 1. The SMILES string of the molecule is O=C1C=C(Nc2ccc(OC3CCCC3)c(Cl)c2)C(=O)N1CCO. The third-order valence-corrected chi connectivity index (χ3v) is 4.44. The molecule has 2 aliphatic rings. The summed E-state index contributed by atoms with van der Waals surface area (Å²) in [6.45, 7) is -0.286. The standard InChI is InChI=1S/C17H19ClN2O4/c18-13-9-11(5-6-15(13)24-12-3-1-2-4-12)19-14-10-16(22)20(7-8-21)17(14)23/h5-6,9-10,12,19,21H,1-4,7-8H2. The van der Waals surface area contributed by atoms with Crippen LogP contribution in [0.1, 0.15) is 25.7 Å². The Morgan fingerprint density at radius 2 is 2.04 bits per heavy atom. The van der Waals surface area contributed by atoms with E-state index in [1.54, 1.807) is 18.2 Å². The molecular weight excluding hydrogens is 332 g/mol. The maximum absolute atomic E-state index is 12.1. The number of imide groups is 1. The van der Waals surface area contributed by atoms with E-state index in [2.05, 4.69) is 5.32 Å². The molecule has 2 N–H and O–H groups in total. The fourth-order valence-corrected chi connectivity index (χ4v) is 3.15. The van der Waals surface area contributed by atoms with E-state index in [1.807, 2.05) is 0 Å². The molecule has 1 aliphatic heterocycles. The van der Waals surface area contributed by atoms with Gasteiger partial charge in [0, 0.05) is 11.8 Å². The van der Waals surface area contributed by atoms with E-state index < -0.39 is 11.8 Å². The molecule has 0 saturated heterocycles. The molecule has 0 spiro atoms. The Morgan fingerprint density at radius 1 is 1.29 bits per heavy atom. The van der Waals surface area contributed by atoms with Crippen molar-refractivity contribution in [2.75, 3.05) is 18.5 Å². The number of ether oxygens (including phenoxy) is 1. The minimum atomic E-state index is -0.462. The molecule has 0 unspecified atom stereocenters. The molecule has 0 atom stereocenters. The van der Waals surface area contributed by atoms with Crippen LogP contribution in [-0.4, -0.2) is 41.1 Å².